The van der Waals surface area contributed by atoms with E-state index in [1.807, 2.05) is 24.3 Å². The molecule has 18 heavy (non-hydrogen) atoms. The van der Waals surface area contributed by atoms with Crippen molar-refractivity contribution in [3.05, 3.63) is 41.5 Å². The fraction of sp³-hybridized carbons (Fsp3) is 0.154. The van der Waals surface area contributed by atoms with Gasteiger partial charge in [0, 0.05) is 23.6 Å². The smallest absolute Gasteiger partial charge is 0.147 e. The number of benzene rings is 1. The van der Waals surface area contributed by atoms with Crippen molar-refractivity contribution in [1.29, 1.82) is 0 Å². The van der Waals surface area contributed by atoms with Gasteiger partial charge >= 0.3 is 0 Å². The molecule has 0 amide bonds. The van der Waals surface area contributed by atoms with Gasteiger partial charge in [-0.1, -0.05) is 17.4 Å². The molecular formula is C13H12N4S. The van der Waals surface area contributed by atoms with Crippen LogP contribution in [0, 0.1) is 0 Å². The minimum atomic E-state index is 0.607. The number of nitrogens with two attached hydrogens (primary N) is 1. The number of rotatable bonds is 3. The van der Waals surface area contributed by atoms with Crippen LogP contribution in [0.1, 0.15) is 5.01 Å². The molecule has 1 aromatic carbocycles. The van der Waals surface area contributed by atoms with E-state index in [4.69, 9.17) is 5.73 Å². The lowest BCUT2D eigenvalue weighted by Gasteiger charge is -1.98. The van der Waals surface area contributed by atoms with E-state index in [0.717, 1.165) is 32.9 Å². The molecule has 0 aliphatic rings. The molecule has 0 atom stereocenters. The normalized spacial score (nSPS) is 10.9. The topological polar surface area (TPSA) is 64.7 Å². The van der Waals surface area contributed by atoms with Gasteiger partial charge in [0.1, 0.15) is 10.0 Å². The number of hydrogen-bond acceptors (Lipinski definition) is 5. The van der Waals surface area contributed by atoms with Gasteiger partial charge in [-0.2, -0.15) is 0 Å². The second-order valence-corrected chi connectivity index (χ2v) is 5.01. The van der Waals surface area contributed by atoms with Crippen molar-refractivity contribution < 1.29 is 0 Å². The molecule has 3 aromatic rings. The quantitative estimate of drug-likeness (QED) is 0.780. The van der Waals surface area contributed by atoms with Gasteiger partial charge in [0.15, 0.2) is 0 Å². The summed E-state index contributed by atoms with van der Waals surface area (Å²) in [4.78, 5) is 4.30. The van der Waals surface area contributed by atoms with E-state index < -0.39 is 0 Å². The first kappa shape index (κ1) is 11.3. The summed E-state index contributed by atoms with van der Waals surface area (Å²) >= 11 is 1.60. The van der Waals surface area contributed by atoms with Crippen molar-refractivity contribution in [1.82, 2.24) is 15.2 Å². The van der Waals surface area contributed by atoms with Crippen LogP contribution in [0.5, 0.6) is 0 Å². The minimum absolute atomic E-state index is 0.607. The molecule has 3 rings (SSSR count). The number of aromatic nitrogens is 3. The van der Waals surface area contributed by atoms with E-state index >= 15 is 0 Å². The van der Waals surface area contributed by atoms with E-state index in [-0.39, 0.29) is 0 Å². The Morgan fingerprint density at radius 2 is 2.11 bits per heavy atom. The molecule has 5 heteroatoms. The van der Waals surface area contributed by atoms with Gasteiger partial charge in [-0.3, -0.25) is 4.98 Å². The minimum Gasteiger partial charge on any atom is -0.330 e. The molecule has 0 aliphatic heterocycles. The lowest BCUT2D eigenvalue weighted by Crippen LogP contribution is -2.01. The zero-order valence-corrected chi connectivity index (χ0v) is 10.5. The van der Waals surface area contributed by atoms with Crippen LogP contribution in [0.2, 0.25) is 0 Å². The molecular weight excluding hydrogens is 244 g/mol. The molecule has 0 saturated heterocycles. The maximum absolute atomic E-state index is 5.51. The van der Waals surface area contributed by atoms with E-state index in [1.54, 1.807) is 17.5 Å². The van der Waals surface area contributed by atoms with Crippen LogP contribution in [0.3, 0.4) is 0 Å². The van der Waals surface area contributed by atoms with Crippen LogP contribution in [0.25, 0.3) is 21.5 Å². The van der Waals surface area contributed by atoms with Crippen LogP contribution in [0.15, 0.2) is 36.5 Å². The van der Waals surface area contributed by atoms with Crippen molar-refractivity contribution in [2.45, 2.75) is 6.42 Å². The summed E-state index contributed by atoms with van der Waals surface area (Å²) in [7, 11) is 0. The fourth-order valence-electron chi connectivity index (χ4n) is 1.80. The highest BCUT2D eigenvalue weighted by molar-refractivity contribution is 7.14. The summed E-state index contributed by atoms with van der Waals surface area (Å²) in [6, 6.07) is 10.1. The molecule has 0 fully saturated rings. The number of nitrogens with zero attached hydrogens (tertiary/aromatic N) is 3. The third kappa shape index (κ3) is 2.10. The Balaban J connectivity index is 2.02. The number of fused-ring (bicyclic) bond motifs is 1. The maximum Gasteiger partial charge on any atom is 0.147 e. The first-order valence-electron chi connectivity index (χ1n) is 5.74. The Labute approximate surface area is 109 Å². The van der Waals surface area contributed by atoms with Gasteiger partial charge in [-0.05, 0) is 30.8 Å². The highest BCUT2D eigenvalue weighted by atomic mass is 32.1. The predicted octanol–water partition coefficient (Wildman–Crippen LogP) is 2.25. The summed E-state index contributed by atoms with van der Waals surface area (Å²) in [6.45, 7) is 0.607. The zero-order valence-electron chi connectivity index (χ0n) is 9.71. The molecule has 90 valence electrons. The van der Waals surface area contributed by atoms with Gasteiger partial charge in [0.05, 0.1) is 5.52 Å². The summed E-state index contributed by atoms with van der Waals surface area (Å²) in [5.74, 6) is 0. The molecule has 4 nitrogen and oxygen atoms in total. The van der Waals surface area contributed by atoms with Gasteiger partial charge in [0.25, 0.3) is 0 Å². The molecule has 0 unspecified atom stereocenters. The fourth-order valence-corrected chi connectivity index (χ4v) is 2.65. The highest BCUT2D eigenvalue weighted by Crippen LogP contribution is 2.26. The molecule has 0 spiro atoms. The van der Waals surface area contributed by atoms with E-state index in [0.29, 0.717) is 6.54 Å². The monoisotopic (exact) mass is 256 g/mol. The molecule has 2 N–H and O–H groups in total. The molecule has 0 aliphatic carbocycles. The Hall–Kier alpha value is -1.85. The summed E-state index contributed by atoms with van der Waals surface area (Å²) in [6.07, 6.45) is 2.58. The molecule has 0 saturated carbocycles. The predicted molar refractivity (Wildman–Crippen MR) is 73.4 cm³/mol. The highest BCUT2D eigenvalue weighted by Gasteiger charge is 2.06. The Kier molecular flexibility index (Phi) is 3.00. The number of pyridine rings is 1. The Morgan fingerprint density at radius 3 is 3.00 bits per heavy atom. The second-order valence-electron chi connectivity index (χ2n) is 3.95. The third-order valence-electron chi connectivity index (χ3n) is 2.68. The van der Waals surface area contributed by atoms with Crippen molar-refractivity contribution in [2.75, 3.05) is 6.54 Å². The SMILES string of the molecule is NCCc1nnc(-c2ccc3ncccc3c2)s1. The van der Waals surface area contributed by atoms with Gasteiger partial charge in [-0.15, -0.1) is 10.2 Å². The lowest BCUT2D eigenvalue weighted by atomic mass is 10.1. The van der Waals surface area contributed by atoms with E-state index in [2.05, 4.69) is 21.2 Å². The zero-order chi connectivity index (χ0) is 12.4. The van der Waals surface area contributed by atoms with Crippen molar-refractivity contribution in [2.24, 2.45) is 5.73 Å². The maximum atomic E-state index is 5.51. The molecule has 2 aromatic heterocycles. The van der Waals surface area contributed by atoms with Crippen molar-refractivity contribution in [3.63, 3.8) is 0 Å². The second kappa shape index (κ2) is 4.80. The van der Waals surface area contributed by atoms with Crippen LogP contribution in [-0.2, 0) is 6.42 Å². The van der Waals surface area contributed by atoms with Gasteiger partial charge < -0.3 is 5.73 Å². The summed E-state index contributed by atoms with van der Waals surface area (Å²) < 4.78 is 0. The van der Waals surface area contributed by atoms with Crippen LogP contribution in [0.4, 0.5) is 0 Å². The molecule has 2 heterocycles. The van der Waals surface area contributed by atoms with Crippen LogP contribution >= 0.6 is 11.3 Å². The largest absolute Gasteiger partial charge is 0.330 e. The first-order valence-corrected chi connectivity index (χ1v) is 6.56. The Bertz CT molecular complexity index is 677. The average molecular weight is 256 g/mol. The van der Waals surface area contributed by atoms with E-state index in [1.165, 1.54) is 0 Å². The van der Waals surface area contributed by atoms with Gasteiger partial charge in [-0.25, -0.2) is 0 Å². The lowest BCUT2D eigenvalue weighted by molar-refractivity contribution is 0.913. The summed E-state index contributed by atoms with van der Waals surface area (Å²) in [5, 5.41) is 11.4. The Morgan fingerprint density at radius 1 is 1.17 bits per heavy atom. The standard InChI is InChI=1S/C13H12N4S/c14-6-5-12-16-17-13(18-12)10-3-4-11-9(8-10)2-1-7-15-11/h1-4,7-8H,5-6,14H2. The molecule has 0 radical (unpaired) electrons. The van der Waals surface area contributed by atoms with Gasteiger partial charge in [0.2, 0.25) is 0 Å². The van der Waals surface area contributed by atoms with Crippen molar-refractivity contribution in [3.8, 4) is 10.6 Å². The number of hydrogen-bond donors (Lipinski definition) is 1. The van der Waals surface area contributed by atoms with E-state index in [9.17, 15) is 0 Å². The van der Waals surface area contributed by atoms with Crippen LogP contribution in [-0.4, -0.2) is 21.7 Å². The third-order valence-corrected chi connectivity index (χ3v) is 3.71. The first-order chi connectivity index (χ1) is 8.86. The summed E-state index contributed by atoms with van der Waals surface area (Å²) in [5.41, 5.74) is 7.59. The molecule has 0 bridgehead atoms. The van der Waals surface area contributed by atoms with Crippen molar-refractivity contribution >= 4 is 22.2 Å². The average Bonchev–Trinajstić information content (AvgIpc) is 2.87. The van der Waals surface area contributed by atoms with Crippen LogP contribution < -0.4 is 5.73 Å².